The zero-order chi connectivity index (χ0) is 10.4. The van der Waals surface area contributed by atoms with Gasteiger partial charge in [-0.15, -0.1) is 11.6 Å². The summed E-state index contributed by atoms with van der Waals surface area (Å²) in [6.45, 7) is 0.651. The Morgan fingerprint density at radius 3 is 2.86 bits per heavy atom. The number of hydrogen-bond acceptors (Lipinski definition) is 4. The Labute approximate surface area is 86.0 Å². The highest BCUT2D eigenvalue weighted by Gasteiger charge is 2.11. The average molecular weight is 219 g/mol. The minimum Gasteiger partial charge on any atom is -0.390 e. The van der Waals surface area contributed by atoms with Gasteiger partial charge in [0.2, 0.25) is 6.33 Å². The lowest BCUT2D eigenvalue weighted by Gasteiger charge is -1.95. The maximum Gasteiger partial charge on any atom is 0.490 e. The molecule has 1 heterocycles. The number of aromatic nitrogens is 3. The Morgan fingerprint density at radius 1 is 1.50 bits per heavy atom. The van der Waals surface area contributed by atoms with Crippen molar-refractivity contribution in [3.05, 3.63) is 16.4 Å². The summed E-state index contributed by atoms with van der Waals surface area (Å²) < 4.78 is 1.48. The van der Waals surface area contributed by atoms with Gasteiger partial charge in [0.25, 0.3) is 0 Å². The molecule has 0 atom stereocenters. The summed E-state index contributed by atoms with van der Waals surface area (Å²) in [6.07, 6.45) is 4.24. The molecule has 0 aliphatic carbocycles. The third-order valence-electron chi connectivity index (χ3n) is 1.71. The van der Waals surface area contributed by atoms with E-state index in [9.17, 15) is 10.1 Å². The van der Waals surface area contributed by atoms with Crippen molar-refractivity contribution in [1.82, 2.24) is 14.8 Å². The average Bonchev–Trinajstić information content (AvgIpc) is 2.61. The SMILES string of the molecule is O=[N+]([O-])c1ncn(CCCCCCl)n1. The summed E-state index contributed by atoms with van der Waals surface area (Å²) >= 11 is 5.50. The van der Waals surface area contributed by atoms with Crippen LogP contribution in [0.2, 0.25) is 0 Å². The second-order valence-corrected chi connectivity index (χ2v) is 3.19. The van der Waals surface area contributed by atoms with E-state index in [1.54, 1.807) is 0 Å². The minimum atomic E-state index is -0.602. The van der Waals surface area contributed by atoms with Gasteiger partial charge in [0, 0.05) is 11.0 Å². The molecule has 0 spiro atoms. The molecule has 0 aliphatic heterocycles. The Bertz CT molecular complexity index is 302. The molecule has 0 bridgehead atoms. The Hall–Kier alpha value is -1.17. The molecule has 0 radical (unpaired) electrons. The molecule has 1 aromatic rings. The van der Waals surface area contributed by atoms with Gasteiger partial charge in [0.1, 0.15) is 0 Å². The lowest BCUT2D eigenvalue weighted by Crippen LogP contribution is -1.99. The van der Waals surface area contributed by atoms with Crippen LogP contribution in [-0.2, 0) is 6.54 Å². The third-order valence-corrected chi connectivity index (χ3v) is 1.98. The van der Waals surface area contributed by atoms with Crippen LogP contribution in [0.15, 0.2) is 6.33 Å². The van der Waals surface area contributed by atoms with Crippen LogP contribution in [0.5, 0.6) is 0 Å². The molecule has 0 aliphatic rings. The van der Waals surface area contributed by atoms with Gasteiger partial charge in [0.05, 0.1) is 6.54 Å². The predicted octanol–water partition coefficient (Wildman–Crippen LogP) is 1.60. The van der Waals surface area contributed by atoms with Crippen LogP contribution >= 0.6 is 11.6 Å². The lowest BCUT2D eigenvalue weighted by atomic mass is 10.2. The van der Waals surface area contributed by atoms with E-state index in [4.69, 9.17) is 11.6 Å². The van der Waals surface area contributed by atoms with E-state index < -0.39 is 4.92 Å². The molecule has 0 saturated heterocycles. The third kappa shape index (κ3) is 3.29. The first-order chi connectivity index (χ1) is 6.74. The van der Waals surface area contributed by atoms with E-state index in [1.165, 1.54) is 11.0 Å². The van der Waals surface area contributed by atoms with Gasteiger partial charge in [-0.2, -0.15) is 4.68 Å². The summed E-state index contributed by atoms with van der Waals surface area (Å²) in [6, 6.07) is 0. The molecular weight excluding hydrogens is 208 g/mol. The fourth-order valence-corrected chi connectivity index (χ4v) is 1.21. The monoisotopic (exact) mass is 218 g/mol. The van der Waals surface area contributed by atoms with Crippen molar-refractivity contribution in [3.8, 4) is 0 Å². The fraction of sp³-hybridized carbons (Fsp3) is 0.714. The van der Waals surface area contributed by atoms with E-state index in [1.807, 2.05) is 0 Å². The number of hydrogen-bond donors (Lipinski definition) is 0. The quantitative estimate of drug-likeness (QED) is 0.315. The summed E-state index contributed by atoms with van der Waals surface area (Å²) in [5.74, 6) is 0.305. The van der Waals surface area contributed by atoms with Gasteiger partial charge in [-0.25, -0.2) is 0 Å². The number of nitro groups is 1. The Kier molecular flexibility index (Phi) is 4.31. The molecular formula is C7H11ClN4O2. The van der Waals surface area contributed by atoms with Crippen LogP contribution in [0.3, 0.4) is 0 Å². The van der Waals surface area contributed by atoms with Crippen LogP contribution < -0.4 is 0 Å². The molecule has 14 heavy (non-hydrogen) atoms. The zero-order valence-corrected chi connectivity index (χ0v) is 8.35. The van der Waals surface area contributed by atoms with E-state index in [0.717, 1.165) is 19.3 Å². The van der Waals surface area contributed by atoms with E-state index >= 15 is 0 Å². The number of nitrogens with zero attached hydrogens (tertiary/aromatic N) is 4. The first kappa shape index (κ1) is 10.9. The normalized spacial score (nSPS) is 10.4. The topological polar surface area (TPSA) is 73.8 Å². The highest BCUT2D eigenvalue weighted by molar-refractivity contribution is 6.17. The largest absolute Gasteiger partial charge is 0.490 e. The van der Waals surface area contributed by atoms with Crippen LogP contribution in [0.1, 0.15) is 19.3 Å². The molecule has 1 aromatic heterocycles. The Morgan fingerprint density at radius 2 is 2.29 bits per heavy atom. The second kappa shape index (κ2) is 5.54. The van der Waals surface area contributed by atoms with Gasteiger partial charge < -0.3 is 10.1 Å². The number of aryl methyl sites for hydroxylation is 1. The molecule has 0 amide bonds. The van der Waals surface area contributed by atoms with Crippen molar-refractivity contribution in [3.63, 3.8) is 0 Å². The molecule has 0 aromatic carbocycles. The number of unbranched alkanes of at least 4 members (excludes halogenated alkanes) is 2. The van der Waals surface area contributed by atoms with Crippen molar-refractivity contribution < 1.29 is 4.92 Å². The maximum absolute atomic E-state index is 10.2. The standard InChI is InChI=1S/C7H11ClN4O2/c8-4-2-1-3-5-11-6-9-7(10-11)12(13)14/h6H,1-5H2. The summed E-state index contributed by atoms with van der Waals surface area (Å²) in [7, 11) is 0. The lowest BCUT2D eigenvalue weighted by molar-refractivity contribution is -0.394. The van der Waals surface area contributed by atoms with E-state index in [2.05, 4.69) is 10.1 Å². The molecule has 7 heteroatoms. The zero-order valence-electron chi connectivity index (χ0n) is 7.60. The fourth-order valence-electron chi connectivity index (χ4n) is 1.02. The maximum atomic E-state index is 10.2. The first-order valence-electron chi connectivity index (χ1n) is 4.34. The number of rotatable bonds is 6. The first-order valence-corrected chi connectivity index (χ1v) is 4.87. The van der Waals surface area contributed by atoms with Crippen molar-refractivity contribution in [2.24, 2.45) is 0 Å². The molecule has 0 N–H and O–H groups in total. The van der Waals surface area contributed by atoms with Crippen LogP contribution in [0.4, 0.5) is 5.95 Å². The van der Waals surface area contributed by atoms with Gasteiger partial charge in [-0.1, -0.05) is 11.4 Å². The van der Waals surface area contributed by atoms with Gasteiger partial charge in [-0.3, -0.25) is 0 Å². The highest BCUT2D eigenvalue weighted by atomic mass is 35.5. The van der Waals surface area contributed by atoms with Crippen molar-refractivity contribution in [2.45, 2.75) is 25.8 Å². The molecule has 78 valence electrons. The van der Waals surface area contributed by atoms with Crippen LogP contribution in [0, 0.1) is 10.1 Å². The Balaban J connectivity index is 2.33. The molecule has 1 rings (SSSR count). The van der Waals surface area contributed by atoms with E-state index in [0.29, 0.717) is 12.4 Å². The van der Waals surface area contributed by atoms with Gasteiger partial charge in [0.15, 0.2) is 0 Å². The predicted molar refractivity (Wildman–Crippen MR) is 51.2 cm³/mol. The smallest absolute Gasteiger partial charge is 0.390 e. The van der Waals surface area contributed by atoms with Crippen LogP contribution in [-0.4, -0.2) is 25.6 Å². The summed E-state index contributed by atoms with van der Waals surface area (Å²) in [5, 5.41) is 13.9. The van der Waals surface area contributed by atoms with Crippen molar-refractivity contribution >= 4 is 17.5 Å². The number of alkyl halides is 1. The minimum absolute atomic E-state index is 0.345. The molecule has 0 unspecified atom stereocenters. The van der Waals surface area contributed by atoms with Gasteiger partial charge in [-0.05, 0) is 17.8 Å². The molecule has 6 nitrogen and oxygen atoms in total. The van der Waals surface area contributed by atoms with E-state index in [-0.39, 0.29) is 5.95 Å². The van der Waals surface area contributed by atoms with Crippen LogP contribution in [0.25, 0.3) is 0 Å². The summed E-state index contributed by atoms with van der Waals surface area (Å²) in [5.41, 5.74) is 0. The van der Waals surface area contributed by atoms with Crippen molar-refractivity contribution in [2.75, 3.05) is 5.88 Å². The molecule has 0 fully saturated rings. The molecule has 0 saturated carbocycles. The highest BCUT2D eigenvalue weighted by Crippen LogP contribution is 2.03. The number of halogens is 1. The second-order valence-electron chi connectivity index (χ2n) is 2.81. The van der Waals surface area contributed by atoms with Crippen molar-refractivity contribution in [1.29, 1.82) is 0 Å². The van der Waals surface area contributed by atoms with Gasteiger partial charge >= 0.3 is 5.95 Å². The summed E-state index contributed by atoms with van der Waals surface area (Å²) in [4.78, 5) is 13.2.